The molecule has 4 heteroatoms. The predicted molar refractivity (Wildman–Crippen MR) is 59.6 cm³/mol. The largest absolute Gasteiger partial charge is 0.309 e. The molecular formula is C11H14N2O2. The smallest absolute Gasteiger partial charge is 0.273 e. The standard InChI is InChI=1S/C11H14N2O2/c1-2-3-8-12-9-10-6-4-5-7-11(10)13(14)15/h2-7,12H,8-9H2,1H3/b3-2+. The van der Waals surface area contributed by atoms with Crippen LogP contribution >= 0.6 is 0 Å². The van der Waals surface area contributed by atoms with Crippen LogP contribution in [0, 0.1) is 10.1 Å². The molecule has 0 unspecified atom stereocenters. The Kier molecular flexibility index (Phi) is 4.50. The molecule has 0 saturated carbocycles. The highest BCUT2D eigenvalue weighted by Crippen LogP contribution is 2.16. The lowest BCUT2D eigenvalue weighted by atomic mass is 10.2. The number of allylic oxidation sites excluding steroid dienone is 1. The van der Waals surface area contributed by atoms with Crippen LogP contribution in [-0.4, -0.2) is 11.5 Å². The Morgan fingerprint density at radius 1 is 1.47 bits per heavy atom. The Bertz CT molecular complexity index is 361. The van der Waals surface area contributed by atoms with Crippen molar-refractivity contribution in [3.05, 3.63) is 52.1 Å². The monoisotopic (exact) mass is 206 g/mol. The van der Waals surface area contributed by atoms with Crippen molar-refractivity contribution in [3.8, 4) is 0 Å². The van der Waals surface area contributed by atoms with Gasteiger partial charge in [0.05, 0.1) is 4.92 Å². The van der Waals surface area contributed by atoms with Gasteiger partial charge in [-0.1, -0.05) is 30.4 Å². The Hall–Kier alpha value is -1.68. The molecule has 0 saturated heterocycles. The van der Waals surface area contributed by atoms with Gasteiger partial charge in [-0.3, -0.25) is 10.1 Å². The van der Waals surface area contributed by atoms with E-state index >= 15 is 0 Å². The van der Waals surface area contributed by atoms with Gasteiger partial charge in [-0.2, -0.15) is 0 Å². The zero-order chi connectivity index (χ0) is 11.1. The first-order chi connectivity index (χ1) is 7.25. The molecular weight excluding hydrogens is 192 g/mol. The van der Waals surface area contributed by atoms with Gasteiger partial charge in [-0.15, -0.1) is 0 Å². The number of nitrogens with zero attached hydrogens (tertiary/aromatic N) is 1. The molecule has 0 fully saturated rings. The summed E-state index contributed by atoms with van der Waals surface area (Å²) in [7, 11) is 0. The van der Waals surface area contributed by atoms with Crippen LogP contribution < -0.4 is 5.32 Å². The van der Waals surface area contributed by atoms with Crippen molar-refractivity contribution < 1.29 is 4.92 Å². The van der Waals surface area contributed by atoms with Crippen molar-refractivity contribution in [1.29, 1.82) is 0 Å². The van der Waals surface area contributed by atoms with Crippen LogP contribution in [0.4, 0.5) is 5.69 Å². The molecule has 0 spiro atoms. The lowest BCUT2D eigenvalue weighted by molar-refractivity contribution is -0.385. The first-order valence-corrected chi connectivity index (χ1v) is 4.80. The van der Waals surface area contributed by atoms with Crippen molar-refractivity contribution in [2.75, 3.05) is 6.54 Å². The summed E-state index contributed by atoms with van der Waals surface area (Å²) >= 11 is 0. The lowest BCUT2D eigenvalue weighted by Gasteiger charge is -2.02. The van der Waals surface area contributed by atoms with E-state index in [2.05, 4.69) is 5.32 Å². The van der Waals surface area contributed by atoms with Gasteiger partial charge in [0.1, 0.15) is 0 Å². The van der Waals surface area contributed by atoms with Crippen LogP contribution in [0.2, 0.25) is 0 Å². The summed E-state index contributed by atoms with van der Waals surface area (Å²) in [4.78, 5) is 10.3. The average Bonchev–Trinajstić information content (AvgIpc) is 2.25. The Balaban J connectivity index is 2.63. The summed E-state index contributed by atoms with van der Waals surface area (Å²) < 4.78 is 0. The van der Waals surface area contributed by atoms with E-state index in [0.717, 1.165) is 6.54 Å². The van der Waals surface area contributed by atoms with Crippen LogP contribution in [0.5, 0.6) is 0 Å². The number of para-hydroxylation sites is 1. The first-order valence-electron chi connectivity index (χ1n) is 4.80. The fraction of sp³-hybridized carbons (Fsp3) is 0.273. The maximum Gasteiger partial charge on any atom is 0.273 e. The SMILES string of the molecule is C/C=C/CNCc1ccccc1[N+](=O)[O-]. The van der Waals surface area contributed by atoms with Crippen LogP contribution in [0.15, 0.2) is 36.4 Å². The molecule has 1 rings (SSSR count). The average molecular weight is 206 g/mol. The van der Waals surface area contributed by atoms with Gasteiger partial charge in [-0.25, -0.2) is 0 Å². The molecule has 0 atom stereocenters. The second kappa shape index (κ2) is 5.93. The number of benzene rings is 1. The number of hydrogen-bond acceptors (Lipinski definition) is 3. The summed E-state index contributed by atoms with van der Waals surface area (Å²) in [6.45, 7) is 3.18. The van der Waals surface area contributed by atoms with Crippen LogP contribution in [-0.2, 0) is 6.54 Å². The molecule has 0 aliphatic heterocycles. The molecule has 0 bridgehead atoms. The fourth-order valence-electron chi connectivity index (χ4n) is 1.25. The summed E-state index contributed by atoms with van der Waals surface area (Å²) in [5.74, 6) is 0. The lowest BCUT2D eigenvalue weighted by Crippen LogP contribution is -2.13. The van der Waals surface area contributed by atoms with Gasteiger partial charge in [0.15, 0.2) is 0 Å². The number of hydrogen-bond donors (Lipinski definition) is 1. The van der Waals surface area contributed by atoms with Gasteiger partial charge in [0.2, 0.25) is 0 Å². The van der Waals surface area contributed by atoms with Crippen LogP contribution in [0.25, 0.3) is 0 Å². The van der Waals surface area contributed by atoms with Crippen molar-refractivity contribution in [2.24, 2.45) is 0 Å². The van der Waals surface area contributed by atoms with Gasteiger partial charge >= 0.3 is 0 Å². The quantitative estimate of drug-likeness (QED) is 0.348. The molecule has 0 heterocycles. The maximum atomic E-state index is 10.7. The maximum absolute atomic E-state index is 10.7. The Morgan fingerprint density at radius 3 is 2.87 bits per heavy atom. The van der Waals surface area contributed by atoms with Crippen molar-refractivity contribution in [1.82, 2.24) is 5.32 Å². The van der Waals surface area contributed by atoms with Crippen molar-refractivity contribution in [2.45, 2.75) is 13.5 Å². The molecule has 80 valence electrons. The number of nitro groups is 1. The molecule has 0 aliphatic carbocycles. The molecule has 15 heavy (non-hydrogen) atoms. The van der Waals surface area contributed by atoms with Gasteiger partial charge in [-0.05, 0) is 6.92 Å². The minimum atomic E-state index is -0.354. The second-order valence-electron chi connectivity index (χ2n) is 3.09. The van der Waals surface area contributed by atoms with Gasteiger partial charge in [0, 0.05) is 24.7 Å². The third-order valence-electron chi connectivity index (χ3n) is 2.00. The summed E-state index contributed by atoms with van der Waals surface area (Å²) in [5, 5.41) is 13.8. The third kappa shape index (κ3) is 3.52. The molecule has 1 N–H and O–H groups in total. The van der Waals surface area contributed by atoms with E-state index in [9.17, 15) is 10.1 Å². The highest BCUT2D eigenvalue weighted by molar-refractivity contribution is 5.39. The number of rotatable bonds is 5. The Morgan fingerprint density at radius 2 is 2.20 bits per heavy atom. The Labute approximate surface area is 88.8 Å². The summed E-state index contributed by atoms with van der Waals surface area (Å²) in [6.07, 6.45) is 3.90. The van der Waals surface area contributed by atoms with E-state index in [-0.39, 0.29) is 10.6 Å². The summed E-state index contributed by atoms with van der Waals surface area (Å²) in [5.41, 5.74) is 0.887. The third-order valence-corrected chi connectivity index (χ3v) is 2.00. The topological polar surface area (TPSA) is 55.2 Å². The molecule has 1 aromatic rings. The number of nitrogens with one attached hydrogen (secondary N) is 1. The zero-order valence-corrected chi connectivity index (χ0v) is 8.64. The molecule has 0 radical (unpaired) electrons. The van der Waals surface area contributed by atoms with Crippen molar-refractivity contribution in [3.63, 3.8) is 0 Å². The first kappa shape index (κ1) is 11.4. The minimum Gasteiger partial charge on any atom is -0.309 e. The predicted octanol–water partition coefficient (Wildman–Crippen LogP) is 2.26. The number of nitro benzene ring substituents is 1. The van der Waals surface area contributed by atoms with Crippen LogP contribution in [0.3, 0.4) is 0 Å². The van der Waals surface area contributed by atoms with E-state index < -0.39 is 0 Å². The van der Waals surface area contributed by atoms with E-state index in [1.165, 1.54) is 6.07 Å². The molecule has 0 aliphatic rings. The summed E-state index contributed by atoms with van der Waals surface area (Å²) in [6, 6.07) is 6.76. The molecule has 1 aromatic carbocycles. The van der Waals surface area contributed by atoms with Gasteiger partial charge < -0.3 is 5.32 Å². The normalized spacial score (nSPS) is 10.7. The fourth-order valence-corrected chi connectivity index (χ4v) is 1.25. The molecule has 0 amide bonds. The minimum absolute atomic E-state index is 0.172. The highest BCUT2D eigenvalue weighted by atomic mass is 16.6. The van der Waals surface area contributed by atoms with E-state index in [1.807, 2.05) is 19.1 Å². The molecule has 4 nitrogen and oxygen atoms in total. The van der Waals surface area contributed by atoms with E-state index in [4.69, 9.17) is 0 Å². The van der Waals surface area contributed by atoms with Crippen molar-refractivity contribution >= 4 is 5.69 Å². The zero-order valence-electron chi connectivity index (χ0n) is 8.64. The van der Waals surface area contributed by atoms with E-state index in [0.29, 0.717) is 12.1 Å². The van der Waals surface area contributed by atoms with Crippen LogP contribution in [0.1, 0.15) is 12.5 Å². The molecule has 0 aromatic heterocycles. The highest BCUT2D eigenvalue weighted by Gasteiger charge is 2.10. The second-order valence-corrected chi connectivity index (χ2v) is 3.09. The van der Waals surface area contributed by atoms with E-state index in [1.54, 1.807) is 18.2 Å². The van der Waals surface area contributed by atoms with Gasteiger partial charge in [0.25, 0.3) is 5.69 Å².